The predicted octanol–water partition coefficient (Wildman–Crippen LogP) is 3.64. The minimum absolute atomic E-state index is 0.764. The number of piperidine rings is 1. The lowest BCUT2D eigenvalue weighted by molar-refractivity contribution is 0.255. The van der Waals surface area contributed by atoms with Crippen molar-refractivity contribution < 1.29 is 0 Å². The van der Waals surface area contributed by atoms with Crippen molar-refractivity contribution in [2.45, 2.75) is 25.7 Å². The molecule has 1 fully saturated rings. The van der Waals surface area contributed by atoms with Crippen molar-refractivity contribution in [1.82, 2.24) is 4.90 Å². The van der Waals surface area contributed by atoms with Gasteiger partial charge in [0.25, 0.3) is 0 Å². The number of anilines is 1. The van der Waals surface area contributed by atoms with Gasteiger partial charge < -0.3 is 9.80 Å². The molecule has 0 amide bonds. The molecule has 0 unspecified atom stereocenters. The topological polar surface area (TPSA) is 6.48 Å². The van der Waals surface area contributed by atoms with Crippen LogP contribution in [0.4, 0.5) is 5.69 Å². The molecule has 2 nitrogen and oxygen atoms in total. The van der Waals surface area contributed by atoms with E-state index in [9.17, 15) is 0 Å². The molecule has 3 heteroatoms. The molecular formula is C16H26N2S. The molecule has 0 radical (unpaired) electrons. The number of hydrogen-bond acceptors (Lipinski definition) is 3. The fourth-order valence-corrected chi connectivity index (χ4v) is 3.25. The van der Waals surface area contributed by atoms with E-state index in [0.29, 0.717) is 0 Å². The van der Waals surface area contributed by atoms with Gasteiger partial charge in [0, 0.05) is 12.7 Å². The number of hydrogen-bond donors (Lipinski definition) is 0. The van der Waals surface area contributed by atoms with Gasteiger partial charge in [-0.1, -0.05) is 19.1 Å². The maximum absolute atomic E-state index is 2.43. The number of benzene rings is 1. The minimum atomic E-state index is 0.764. The van der Waals surface area contributed by atoms with E-state index in [2.05, 4.69) is 55.1 Å². The molecule has 19 heavy (non-hydrogen) atoms. The third-order valence-electron chi connectivity index (χ3n) is 4.01. The largest absolute Gasteiger partial charge is 0.365 e. The molecule has 2 rings (SSSR count). The number of likely N-dealkylation sites (tertiary alicyclic amines) is 1. The van der Waals surface area contributed by atoms with E-state index < -0.39 is 0 Å². The molecule has 0 bridgehead atoms. The van der Waals surface area contributed by atoms with Gasteiger partial charge in [-0.15, -0.1) is 11.8 Å². The Balaban J connectivity index is 1.94. The summed E-state index contributed by atoms with van der Waals surface area (Å²) in [5.74, 6) is 3.02. The summed E-state index contributed by atoms with van der Waals surface area (Å²) in [7, 11) is 4.40. The average molecular weight is 278 g/mol. The van der Waals surface area contributed by atoms with Crippen molar-refractivity contribution in [1.29, 1.82) is 0 Å². The lowest BCUT2D eigenvalue weighted by Gasteiger charge is -2.29. The number of rotatable bonds is 5. The summed E-state index contributed by atoms with van der Waals surface area (Å²) in [4.78, 5) is 4.76. The van der Waals surface area contributed by atoms with Crippen molar-refractivity contribution in [3.8, 4) is 0 Å². The van der Waals surface area contributed by atoms with Gasteiger partial charge in [0.2, 0.25) is 0 Å². The molecule has 0 atom stereocenters. The van der Waals surface area contributed by atoms with Gasteiger partial charge in [0.05, 0.1) is 5.88 Å². The molecule has 0 saturated carbocycles. The van der Waals surface area contributed by atoms with E-state index in [1.54, 1.807) is 0 Å². The average Bonchev–Trinajstić information content (AvgIpc) is 2.46. The Morgan fingerprint density at radius 2 is 1.84 bits per heavy atom. The second kappa shape index (κ2) is 7.20. The van der Waals surface area contributed by atoms with Gasteiger partial charge >= 0.3 is 0 Å². The van der Waals surface area contributed by atoms with Gasteiger partial charge in [0.1, 0.15) is 0 Å². The summed E-state index contributed by atoms with van der Waals surface area (Å²) in [5.41, 5.74) is 2.85. The van der Waals surface area contributed by atoms with E-state index in [1.165, 1.54) is 42.9 Å². The fraction of sp³-hybridized carbons (Fsp3) is 0.625. The van der Waals surface area contributed by atoms with Crippen LogP contribution in [-0.4, -0.2) is 43.7 Å². The van der Waals surface area contributed by atoms with Crippen LogP contribution in [0.1, 0.15) is 31.2 Å². The standard InChI is InChI=1S/C16H26N2S/c1-4-19-13-18(3)16-7-5-14(6-8-16)15-9-11-17(2)12-10-15/h5-8,15H,4,9-13H2,1-3H3. The zero-order valence-corrected chi connectivity index (χ0v) is 13.2. The van der Waals surface area contributed by atoms with Crippen LogP contribution in [0, 0.1) is 0 Å². The first-order chi connectivity index (χ1) is 9.20. The van der Waals surface area contributed by atoms with E-state index in [1.807, 2.05) is 11.8 Å². The maximum Gasteiger partial charge on any atom is 0.0636 e. The molecule has 1 aromatic rings. The van der Waals surface area contributed by atoms with Gasteiger partial charge in [-0.2, -0.15) is 0 Å². The quantitative estimate of drug-likeness (QED) is 0.759. The van der Waals surface area contributed by atoms with Crippen LogP contribution in [0.2, 0.25) is 0 Å². The summed E-state index contributed by atoms with van der Waals surface area (Å²) in [6.45, 7) is 4.68. The molecule has 106 valence electrons. The first-order valence-electron chi connectivity index (χ1n) is 7.28. The molecule has 0 spiro atoms. The molecule has 0 aliphatic carbocycles. The van der Waals surface area contributed by atoms with Gasteiger partial charge in [-0.3, -0.25) is 0 Å². The maximum atomic E-state index is 2.43. The highest BCUT2D eigenvalue weighted by Gasteiger charge is 2.18. The summed E-state index contributed by atoms with van der Waals surface area (Å²) in [6.07, 6.45) is 2.61. The summed E-state index contributed by atoms with van der Waals surface area (Å²) in [6, 6.07) is 9.23. The van der Waals surface area contributed by atoms with E-state index in [4.69, 9.17) is 0 Å². The first-order valence-corrected chi connectivity index (χ1v) is 8.43. The summed E-state index contributed by atoms with van der Waals surface area (Å²) in [5, 5.41) is 0. The summed E-state index contributed by atoms with van der Waals surface area (Å²) < 4.78 is 0. The highest BCUT2D eigenvalue weighted by molar-refractivity contribution is 7.99. The molecule has 1 aliphatic rings. The fourth-order valence-electron chi connectivity index (χ4n) is 2.65. The van der Waals surface area contributed by atoms with Crippen LogP contribution >= 0.6 is 11.8 Å². The van der Waals surface area contributed by atoms with E-state index in [0.717, 1.165) is 11.8 Å². The molecule has 1 saturated heterocycles. The molecule has 1 aromatic carbocycles. The Morgan fingerprint density at radius 1 is 1.21 bits per heavy atom. The van der Waals surface area contributed by atoms with Crippen LogP contribution in [0.5, 0.6) is 0 Å². The zero-order valence-electron chi connectivity index (χ0n) is 12.4. The molecular weight excluding hydrogens is 252 g/mol. The van der Waals surface area contributed by atoms with Crippen molar-refractivity contribution in [2.24, 2.45) is 0 Å². The van der Waals surface area contributed by atoms with Gasteiger partial charge in [-0.05, 0) is 62.3 Å². The lowest BCUT2D eigenvalue weighted by atomic mass is 9.89. The highest BCUT2D eigenvalue weighted by Crippen LogP contribution is 2.28. The summed E-state index contributed by atoms with van der Waals surface area (Å²) >= 11 is 1.96. The normalized spacial score (nSPS) is 17.6. The Labute approximate surface area is 122 Å². The molecule has 1 aliphatic heterocycles. The van der Waals surface area contributed by atoms with Crippen LogP contribution in [0.15, 0.2) is 24.3 Å². The van der Waals surface area contributed by atoms with Crippen molar-refractivity contribution in [3.05, 3.63) is 29.8 Å². The SMILES string of the molecule is CCSCN(C)c1ccc(C2CCN(C)CC2)cc1. The second-order valence-corrected chi connectivity index (χ2v) is 6.73. The Kier molecular flexibility index (Phi) is 5.59. The molecule has 0 N–H and O–H groups in total. The smallest absolute Gasteiger partial charge is 0.0636 e. The Morgan fingerprint density at radius 3 is 2.42 bits per heavy atom. The highest BCUT2D eigenvalue weighted by atomic mass is 32.2. The third kappa shape index (κ3) is 4.15. The molecule has 1 heterocycles. The van der Waals surface area contributed by atoms with Crippen molar-refractivity contribution in [3.63, 3.8) is 0 Å². The van der Waals surface area contributed by atoms with Gasteiger partial charge in [-0.25, -0.2) is 0 Å². The third-order valence-corrected chi connectivity index (χ3v) is 4.99. The van der Waals surface area contributed by atoms with E-state index in [-0.39, 0.29) is 0 Å². The van der Waals surface area contributed by atoms with Crippen LogP contribution in [-0.2, 0) is 0 Å². The first kappa shape index (κ1) is 14.7. The number of nitrogens with zero attached hydrogens (tertiary/aromatic N) is 2. The van der Waals surface area contributed by atoms with E-state index >= 15 is 0 Å². The van der Waals surface area contributed by atoms with Crippen molar-refractivity contribution >= 4 is 17.4 Å². The van der Waals surface area contributed by atoms with Gasteiger partial charge in [0.15, 0.2) is 0 Å². The van der Waals surface area contributed by atoms with Crippen LogP contribution < -0.4 is 4.90 Å². The van der Waals surface area contributed by atoms with Crippen LogP contribution in [0.3, 0.4) is 0 Å². The zero-order chi connectivity index (χ0) is 13.7. The number of thioether (sulfide) groups is 1. The Hall–Kier alpha value is -0.670. The second-order valence-electron chi connectivity index (χ2n) is 5.49. The van der Waals surface area contributed by atoms with Crippen LogP contribution in [0.25, 0.3) is 0 Å². The monoisotopic (exact) mass is 278 g/mol. The minimum Gasteiger partial charge on any atom is -0.365 e. The van der Waals surface area contributed by atoms with Crippen molar-refractivity contribution in [2.75, 3.05) is 43.7 Å². The predicted molar refractivity (Wildman–Crippen MR) is 87.3 cm³/mol. The Bertz CT molecular complexity index is 369. The lowest BCUT2D eigenvalue weighted by Crippen LogP contribution is -2.29. The molecule has 0 aromatic heterocycles.